The molecule has 0 heterocycles. The molecule has 0 spiro atoms. The number of fused-ring (bicyclic) bond motifs is 2. The first-order valence-corrected chi connectivity index (χ1v) is 7.69. The molecule has 0 amide bonds. The molecule has 0 radical (unpaired) electrons. The third-order valence-corrected chi connectivity index (χ3v) is 5.89. The van der Waals surface area contributed by atoms with Crippen LogP contribution in [-0.2, 0) is 0 Å². The minimum absolute atomic E-state index is 0.165. The molecule has 1 aromatic carbocycles. The zero-order valence-electron chi connectivity index (χ0n) is 10.8. The summed E-state index contributed by atoms with van der Waals surface area (Å²) in [5, 5.41) is 0. The predicted octanol–water partition coefficient (Wildman–Crippen LogP) is 3.04. The summed E-state index contributed by atoms with van der Waals surface area (Å²) in [4.78, 5) is -0.383. The van der Waals surface area contributed by atoms with E-state index in [1.54, 1.807) is 0 Å². The summed E-state index contributed by atoms with van der Waals surface area (Å²) in [6.07, 6.45) is 12.9. The van der Waals surface area contributed by atoms with Gasteiger partial charge in [0.15, 0.2) is 0 Å². The van der Waals surface area contributed by atoms with Gasteiger partial charge in [0, 0.05) is 0 Å². The maximum atomic E-state index is 8.89. The summed E-state index contributed by atoms with van der Waals surface area (Å²) in [6.45, 7) is 2.11. The van der Waals surface area contributed by atoms with E-state index in [-0.39, 0.29) is 31.6 Å². The topological polar surface area (TPSA) is 0 Å². The van der Waals surface area contributed by atoms with Crippen LogP contribution in [0, 0.1) is 18.8 Å². The third kappa shape index (κ3) is 2.31. The molecule has 2 bridgehead atoms. The van der Waals surface area contributed by atoms with E-state index in [0.717, 1.165) is 0 Å². The summed E-state index contributed by atoms with van der Waals surface area (Å²) in [7, 11) is 0. The van der Waals surface area contributed by atoms with E-state index in [2.05, 4.69) is 67.6 Å². The molecule has 0 aliphatic heterocycles. The maximum absolute atomic E-state index is 8.89. The van der Waals surface area contributed by atoms with Crippen LogP contribution in [0.4, 0.5) is 0 Å². The molecular formula is C16H16Se. The molecular weight excluding hydrogens is 271 g/mol. The Morgan fingerprint density at radius 1 is 0.941 bits per heavy atom. The van der Waals surface area contributed by atoms with Crippen molar-refractivity contribution in [2.75, 3.05) is 0 Å². The van der Waals surface area contributed by atoms with Gasteiger partial charge in [-0.15, -0.1) is 0 Å². The van der Waals surface area contributed by atoms with Gasteiger partial charge in [0.25, 0.3) is 0 Å². The SMILES string of the molecule is [2H]C1([Se]c2ccc(C)cc2)C2C=CC=CC1C=C2. The van der Waals surface area contributed by atoms with Crippen molar-refractivity contribution in [2.45, 2.75) is 11.7 Å². The third-order valence-electron chi connectivity index (χ3n) is 3.19. The van der Waals surface area contributed by atoms with E-state index >= 15 is 0 Å². The fourth-order valence-electron chi connectivity index (χ4n) is 2.22. The van der Waals surface area contributed by atoms with Crippen LogP contribution in [0.3, 0.4) is 0 Å². The van der Waals surface area contributed by atoms with Crippen LogP contribution >= 0.6 is 0 Å². The van der Waals surface area contributed by atoms with Gasteiger partial charge in [-0.25, -0.2) is 0 Å². The van der Waals surface area contributed by atoms with Crippen LogP contribution in [0.15, 0.2) is 60.7 Å². The van der Waals surface area contributed by atoms with Gasteiger partial charge in [0.05, 0.1) is 0 Å². The first kappa shape index (κ1) is 9.94. The van der Waals surface area contributed by atoms with Crippen molar-refractivity contribution in [1.29, 1.82) is 0 Å². The minimum atomic E-state index is -0.383. The van der Waals surface area contributed by atoms with E-state index in [1.807, 2.05) is 0 Å². The second kappa shape index (κ2) is 4.68. The number of rotatable bonds is 2. The Kier molecular flexibility index (Phi) is 2.73. The van der Waals surface area contributed by atoms with Gasteiger partial charge in [-0.2, -0.15) is 0 Å². The number of aryl methyl sites for hydroxylation is 1. The van der Waals surface area contributed by atoms with Crippen LogP contribution in [-0.4, -0.2) is 15.0 Å². The van der Waals surface area contributed by atoms with Gasteiger partial charge >= 0.3 is 111 Å². The van der Waals surface area contributed by atoms with Gasteiger partial charge in [-0.1, -0.05) is 0 Å². The van der Waals surface area contributed by atoms with Gasteiger partial charge in [0.2, 0.25) is 0 Å². The quantitative estimate of drug-likeness (QED) is 0.579. The average Bonchev–Trinajstić information content (AvgIpc) is 2.51. The Morgan fingerprint density at radius 2 is 1.53 bits per heavy atom. The van der Waals surface area contributed by atoms with Gasteiger partial charge in [-0.05, 0) is 0 Å². The number of benzene rings is 1. The van der Waals surface area contributed by atoms with E-state index in [9.17, 15) is 0 Å². The van der Waals surface area contributed by atoms with Crippen molar-refractivity contribution in [3.05, 3.63) is 66.3 Å². The fourth-order valence-corrected chi connectivity index (χ4v) is 4.59. The fraction of sp³-hybridized carbons (Fsp3) is 0.250. The summed E-state index contributed by atoms with van der Waals surface area (Å²) in [5.41, 5.74) is 1.29. The zero-order chi connectivity index (χ0) is 12.6. The number of hydrogen-bond acceptors (Lipinski definition) is 0. The Labute approximate surface area is 111 Å². The first-order chi connectivity index (χ1) is 8.68. The first-order valence-electron chi connectivity index (χ1n) is 6.47. The molecule has 1 heteroatoms. The van der Waals surface area contributed by atoms with Crippen LogP contribution < -0.4 is 4.46 Å². The molecule has 0 nitrogen and oxygen atoms in total. The predicted molar refractivity (Wildman–Crippen MR) is 74.7 cm³/mol. The second-order valence-electron chi connectivity index (χ2n) is 4.52. The Morgan fingerprint density at radius 3 is 2.12 bits per heavy atom. The van der Waals surface area contributed by atoms with Gasteiger partial charge in [-0.3, -0.25) is 0 Å². The molecule has 0 saturated carbocycles. The Balaban J connectivity index is 1.90. The standard InChI is InChI=1S/C16H16Se/c1-12-6-10-15(11-7-12)17-16-13-4-2-3-5-14(16)9-8-13/h2-11,13-14,16H,1H3/i16D. The van der Waals surface area contributed by atoms with Crippen molar-refractivity contribution in [1.82, 2.24) is 0 Å². The monoisotopic (exact) mass is 289 g/mol. The molecule has 0 saturated heterocycles. The molecule has 2 aliphatic rings. The van der Waals surface area contributed by atoms with Crippen molar-refractivity contribution in [3.63, 3.8) is 0 Å². The zero-order valence-corrected chi connectivity index (χ0v) is 11.5. The van der Waals surface area contributed by atoms with Crippen molar-refractivity contribution in [3.8, 4) is 0 Å². The normalized spacial score (nSPS) is 34.8. The molecule has 0 N–H and O–H groups in total. The molecule has 2 aliphatic carbocycles. The number of hydrogen-bond donors (Lipinski definition) is 0. The molecule has 0 aromatic heterocycles. The average molecular weight is 288 g/mol. The second-order valence-corrected chi connectivity index (χ2v) is 6.93. The molecule has 17 heavy (non-hydrogen) atoms. The number of allylic oxidation sites excluding steroid dienone is 6. The van der Waals surface area contributed by atoms with Crippen LogP contribution in [0.1, 0.15) is 6.93 Å². The van der Waals surface area contributed by atoms with Crippen molar-refractivity contribution >= 4 is 19.4 Å². The molecule has 86 valence electrons. The summed E-state index contributed by atoms with van der Waals surface area (Å²) >= 11 is 0.165. The molecule has 3 rings (SSSR count). The van der Waals surface area contributed by atoms with Gasteiger partial charge < -0.3 is 0 Å². The van der Waals surface area contributed by atoms with E-state index < -0.39 is 0 Å². The summed E-state index contributed by atoms with van der Waals surface area (Å²) in [5.74, 6) is 0.526. The van der Waals surface area contributed by atoms with Crippen LogP contribution in [0.25, 0.3) is 0 Å². The van der Waals surface area contributed by atoms with Crippen LogP contribution in [0.2, 0.25) is 4.79 Å². The van der Waals surface area contributed by atoms with Crippen molar-refractivity contribution < 1.29 is 1.37 Å². The molecule has 1 aromatic rings. The van der Waals surface area contributed by atoms with Crippen molar-refractivity contribution in [2.24, 2.45) is 11.8 Å². The van der Waals surface area contributed by atoms with E-state index in [4.69, 9.17) is 1.37 Å². The summed E-state index contributed by atoms with van der Waals surface area (Å²) < 4.78 is 10.2. The molecule has 2 unspecified atom stereocenters. The molecule has 0 fully saturated rings. The van der Waals surface area contributed by atoms with Gasteiger partial charge in [0.1, 0.15) is 0 Å². The van der Waals surface area contributed by atoms with Crippen LogP contribution in [0.5, 0.6) is 0 Å². The Hall–Kier alpha value is -1.04. The Bertz CT molecular complexity index is 503. The van der Waals surface area contributed by atoms with E-state index in [1.165, 1.54) is 10.0 Å². The summed E-state index contributed by atoms with van der Waals surface area (Å²) in [6, 6.07) is 8.67. The molecule has 2 atom stereocenters. The van der Waals surface area contributed by atoms with E-state index in [0.29, 0.717) is 0 Å².